The molecular weight excluding hydrogens is 200 g/mol. The molecule has 1 aromatic heterocycles. The van der Waals surface area contributed by atoms with Crippen molar-refractivity contribution in [2.45, 2.75) is 19.5 Å². The number of pyridine rings is 1. The fourth-order valence-electron chi connectivity index (χ4n) is 1.75. The molecule has 0 saturated heterocycles. The van der Waals surface area contributed by atoms with E-state index in [1.165, 1.54) is 0 Å². The normalized spacial score (nSPS) is 11.9. The predicted octanol–water partition coefficient (Wildman–Crippen LogP) is 1.91. The smallest absolute Gasteiger partial charge is 0.259 e. The van der Waals surface area contributed by atoms with E-state index in [9.17, 15) is 4.79 Å². The van der Waals surface area contributed by atoms with Gasteiger partial charge in [0.05, 0.1) is 5.66 Å². The van der Waals surface area contributed by atoms with Crippen LogP contribution >= 0.6 is 0 Å². The van der Waals surface area contributed by atoms with Gasteiger partial charge in [-0.25, -0.2) is 0 Å². The largest absolute Gasteiger partial charge is 0.298 e. The Morgan fingerprint density at radius 3 is 2.56 bits per heavy atom. The predicted molar refractivity (Wildman–Crippen MR) is 66.6 cm³/mol. The SMILES string of the molecule is CNC(C)(C)n1ccc2ccccc2c1=O. The molecule has 0 saturated carbocycles. The summed E-state index contributed by atoms with van der Waals surface area (Å²) >= 11 is 0. The minimum Gasteiger partial charge on any atom is -0.298 e. The van der Waals surface area contributed by atoms with Gasteiger partial charge < -0.3 is 0 Å². The summed E-state index contributed by atoms with van der Waals surface area (Å²) in [6, 6.07) is 9.61. The molecule has 0 aliphatic heterocycles. The van der Waals surface area contributed by atoms with Crippen molar-refractivity contribution in [3.8, 4) is 0 Å². The molecule has 2 aromatic rings. The zero-order valence-electron chi connectivity index (χ0n) is 9.82. The maximum atomic E-state index is 12.3. The third kappa shape index (κ3) is 1.63. The highest BCUT2D eigenvalue weighted by Crippen LogP contribution is 2.12. The van der Waals surface area contributed by atoms with Gasteiger partial charge in [0.2, 0.25) is 0 Å². The molecule has 0 amide bonds. The first-order chi connectivity index (χ1) is 7.56. The second kappa shape index (κ2) is 3.76. The second-order valence-electron chi connectivity index (χ2n) is 4.39. The summed E-state index contributed by atoms with van der Waals surface area (Å²) in [4.78, 5) is 12.3. The molecule has 0 atom stereocenters. The third-order valence-corrected chi connectivity index (χ3v) is 3.03. The molecule has 0 radical (unpaired) electrons. The van der Waals surface area contributed by atoms with E-state index in [1.807, 2.05) is 57.4 Å². The summed E-state index contributed by atoms with van der Waals surface area (Å²) in [5, 5.41) is 4.87. The monoisotopic (exact) mass is 216 g/mol. The molecule has 0 aliphatic carbocycles. The van der Waals surface area contributed by atoms with E-state index in [-0.39, 0.29) is 11.2 Å². The summed E-state index contributed by atoms with van der Waals surface area (Å²) in [7, 11) is 1.85. The van der Waals surface area contributed by atoms with Gasteiger partial charge in [-0.3, -0.25) is 14.7 Å². The first-order valence-corrected chi connectivity index (χ1v) is 5.36. The van der Waals surface area contributed by atoms with Gasteiger partial charge in [0.1, 0.15) is 0 Å². The van der Waals surface area contributed by atoms with Gasteiger partial charge in [0.25, 0.3) is 5.56 Å². The van der Waals surface area contributed by atoms with Crippen molar-refractivity contribution in [2.24, 2.45) is 0 Å². The number of aromatic nitrogens is 1. The Morgan fingerprint density at radius 2 is 1.88 bits per heavy atom. The number of benzene rings is 1. The molecule has 1 aromatic carbocycles. The van der Waals surface area contributed by atoms with Gasteiger partial charge in [-0.2, -0.15) is 0 Å². The van der Waals surface area contributed by atoms with Crippen LogP contribution in [0.3, 0.4) is 0 Å². The van der Waals surface area contributed by atoms with Crippen molar-refractivity contribution >= 4 is 10.8 Å². The minimum atomic E-state index is -0.374. The van der Waals surface area contributed by atoms with E-state index in [0.29, 0.717) is 0 Å². The van der Waals surface area contributed by atoms with Crippen molar-refractivity contribution in [1.82, 2.24) is 9.88 Å². The van der Waals surface area contributed by atoms with Crippen LogP contribution in [0.2, 0.25) is 0 Å². The van der Waals surface area contributed by atoms with Crippen LogP contribution in [0.4, 0.5) is 0 Å². The molecule has 0 aliphatic rings. The van der Waals surface area contributed by atoms with Crippen molar-refractivity contribution in [1.29, 1.82) is 0 Å². The highest BCUT2D eigenvalue weighted by molar-refractivity contribution is 5.81. The van der Waals surface area contributed by atoms with Crippen LogP contribution in [0.1, 0.15) is 13.8 Å². The zero-order valence-corrected chi connectivity index (χ0v) is 9.82. The lowest BCUT2D eigenvalue weighted by Crippen LogP contribution is -2.45. The van der Waals surface area contributed by atoms with Gasteiger partial charge in [0.15, 0.2) is 0 Å². The number of nitrogens with zero attached hydrogens (tertiary/aromatic N) is 1. The minimum absolute atomic E-state index is 0.0393. The number of nitrogens with one attached hydrogen (secondary N) is 1. The Kier molecular flexibility index (Phi) is 2.56. The Balaban J connectivity index is 2.76. The molecule has 0 bridgehead atoms. The van der Waals surface area contributed by atoms with Gasteiger partial charge in [-0.05, 0) is 38.4 Å². The maximum absolute atomic E-state index is 12.3. The van der Waals surface area contributed by atoms with E-state index in [1.54, 1.807) is 4.57 Å². The molecule has 3 heteroatoms. The van der Waals surface area contributed by atoms with Gasteiger partial charge in [-0.1, -0.05) is 18.2 Å². The van der Waals surface area contributed by atoms with Crippen molar-refractivity contribution < 1.29 is 0 Å². The van der Waals surface area contributed by atoms with E-state index in [2.05, 4.69) is 5.32 Å². The highest BCUT2D eigenvalue weighted by Gasteiger charge is 2.18. The summed E-state index contributed by atoms with van der Waals surface area (Å²) < 4.78 is 1.72. The Morgan fingerprint density at radius 1 is 1.19 bits per heavy atom. The summed E-state index contributed by atoms with van der Waals surface area (Å²) in [6.07, 6.45) is 1.83. The summed E-state index contributed by atoms with van der Waals surface area (Å²) in [6.45, 7) is 3.95. The highest BCUT2D eigenvalue weighted by atomic mass is 16.1. The molecule has 0 unspecified atom stereocenters. The second-order valence-corrected chi connectivity index (χ2v) is 4.39. The first-order valence-electron chi connectivity index (χ1n) is 5.36. The Labute approximate surface area is 94.7 Å². The van der Waals surface area contributed by atoms with Crippen LogP contribution in [0, 0.1) is 0 Å². The van der Waals surface area contributed by atoms with Crippen LogP contribution in [0.15, 0.2) is 41.3 Å². The Hall–Kier alpha value is -1.61. The fraction of sp³-hybridized carbons (Fsp3) is 0.308. The van der Waals surface area contributed by atoms with Gasteiger partial charge in [-0.15, -0.1) is 0 Å². The fourth-order valence-corrected chi connectivity index (χ4v) is 1.75. The average Bonchev–Trinajstić information content (AvgIpc) is 2.29. The van der Waals surface area contributed by atoms with Crippen LogP contribution in [-0.4, -0.2) is 11.6 Å². The van der Waals surface area contributed by atoms with Crippen molar-refractivity contribution in [3.63, 3.8) is 0 Å². The van der Waals surface area contributed by atoms with E-state index in [4.69, 9.17) is 0 Å². The lowest BCUT2D eigenvalue weighted by molar-refractivity contribution is 0.289. The molecule has 1 heterocycles. The number of fused-ring (bicyclic) bond motifs is 1. The molecule has 84 valence electrons. The van der Waals surface area contributed by atoms with E-state index >= 15 is 0 Å². The summed E-state index contributed by atoms with van der Waals surface area (Å²) in [5.41, 5.74) is -0.335. The molecule has 16 heavy (non-hydrogen) atoms. The van der Waals surface area contributed by atoms with Crippen molar-refractivity contribution in [2.75, 3.05) is 7.05 Å². The number of rotatable bonds is 2. The quantitative estimate of drug-likeness (QED) is 0.832. The van der Waals surface area contributed by atoms with Gasteiger partial charge >= 0.3 is 0 Å². The molecule has 0 spiro atoms. The lowest BCUT2D eigenvalue weighted by Gasteiger charge is -2.27. The Bertz CT molecular complexity index is 569. The third-order valence-electron chi connectivity index (χ3n) is 3.03. The molecule has 0 fully saturated rings. The lowest BCUT2D eigenvalue weighted by atomic mass is 10.1. The molecule has 1 N–H and O–H groups in total. The van der Waals surface area contributed by atoms with Crippen molar-refractivity contribution in [3.05, 3.63) is 46.9 Å². The van der Waals surface area contributed by atoms with E-state index < -0.39 is 0 Å². The van der Waals surface area contributed by atoms with E-state index in [0.717, 1.165) is 10.8 Å². The number of hydrogen-bond acceptors (Lipinski definition) is 2. The number of hydrogen-bond donors (Lipinski definition) is 1. The molecule has 2 rings (SSSR count). The van der Waals surface area contributed by atoms with Crippen LogP contribution in [0.25, 0.3) is 10.8 Å². The zero-order chi connectivity index (χ0) is 11.8. The summed E-state index contributed by atoms with van der Waals surface area (Å²) in [5.74, 6) is 0. The van der Waals surface area contributed by atoms with Crippen LogP contribution in [-0.2, 0) is 5.66 Å². The molecular formula is C13H16N2O. The van der Waals surface area contributed by atoms with Gasteiger partial charge in [0, 0.05) is 11.6 Å². The van der Waals surface area contributed by atoms with Crippen LogP contribution < -0.4 is 10.9 Å². The maximum Gasteiger partial charge on any atom is 0.259 e. The average molecular weight is 216 g/mol. The standard InChI is InChI=1S/C13H16N2O/c1-13(2,14-3)15-9-8-10-6-4-5-7-11(10)12(15)16/h4-9,14H,1-3H3. The molecule has 3 nitrogen and oxygen atoms in total. The topological polar surface area (TPSA) is 34.0 Å². The first kappa shape index (κ1) is 10.9. The van der Waals surface area contributed by atoms with Crippen LogP contribution in [0.5, 0.6) is 0 Å².